The number of ether oxygens (including phenoxy) is 3. The zero-order chi connectivity index (χ0) is 15.8. The Morgan fingerprint density at radius 3 is 1.10 bits per heavy atom. The van der Waals surface area contributed by atoms with Crippen LogP contribution in [0, 0.1) is 0 Å². The molecule has 21 heavy (non-hydrogen) atoms. The Morgan fingerprint density at radius 2 is 0.905 bits per heavy atom. The van der Waals surface area contributed by atoms with Gasteiger partial charge in [-0.2, -0.15) is 0 Å². The first-order chi connectivity index (χ1) is 9.98. The minimum Gasteiger partial charge on any atom is -0.410 e. The summed E-state index contributed by atoms with van der Waals surface area (Å²) >= 11 is 0. The predicted octanol–water partition coefficient (Wildman–Crippen LogP) is 0.841. The maximum atomic E-state index is 11.2. The second kappa shape index (κ2) is 7.58. The fourth-order valence-electron chi connectivity index (χ4n) is 1.20. The van der Waals surface area contributed by atoms with Crippen molar-refractivity contribution in [3.05, 3.63) is 18.2 Å². The van der Waals surface area contributed by atoms with Crippen LogP contribution in [0.2, 0.25) is 0 Å². The van der Waals surface area contributed by atoms with Crippen molar-refractivity contribution < 1.29 is 28.6 Å². The second-order valence-electron chi connectivity index (χ2n) is 3.56. The first-order valence-electron chi connectivity index (χ1n) is 5.82. The standard InChI is InChI=1S/C12H15N3O6/c1-13-10(16)19-7-4-8(20-11(17)14-2)6-9(5-7)21-12(18)15-3/h4-6H,1-3H3,(H,13,16)(H,14,17)(H,15,18). The van der Waals surface area contributed by atoms with Crippen molar-refractivity contribution in [2.24, 2.45) is 0 Å². The molecule has 1 aromatic carbocycles. The van der Waals surface area contributed by atoms with Gasteiger partial charge in [0.1, 0.15) is 17.2 Å². The first kappa shape index (κ1) is 16.1. The highest BCUT2D eigenvalue weighted by Gasteiger charge is 2.12. The topological polar surface area (TPSA) is 115 Å². The monoisotopic (exact) mass is 297 g/mol. The molecule has 1 aromatic rings. The van der Waals surface area contributed by atoms with E-state index in [-0.39, 0.29) is 17.2 Å². The third kappa shape index (κ3) is 5.27. The Balaban J connectivity index is 3.03. The van der Waals surface area contributed by atoms with E-state index >= 15 is 0 Å². The third-order valence-corrected chi connectivity index (χ3v) is 2.10. The summed E-state index contributed by atoms with van der Waals surface area (Å²) in [5.74, 6) is 0.110. The molecule has 0 aliphatic heterocycles. The second-order valence-corrected chi connectivity index (χ2v) is 3.56. The molecule has 9 nitrogen and oxygen atoms in total. The SMILES string of the molecule is CNC(=O)Oc1cc(OC(=O)NC)cc(OC(=O)NC)c1. The number of benzene rings is 1. The van der Waals surface area contributed by atoms with Crippen LogP contribution in [-0.2, 0) is 0 Å². The molecule has 0 saturated carbocycles. The van der Waals surface area contributed by atoms with Crippen LogP contribution in [0.3, 0.4) is 0 Å². The molecule has 0 bridgehead atoms. The third-order valence-electron chi connectivity index (χ3n) is 2.10. The van der Waals surface area contributed by atoms with Crippen LogP contribution in [0.25, 0.3) is 0 Å². The molecule has 0 heterocycles. The van der Waals surface area contributed by atoms with Crippen molar-refractivity contribution in [3.8, 4) is 17.2 Å². The molecule has 0 aliphatic carbocycles. The van der Waals surface area contributed by atoms with Gasteiger partial charge in [-0.25, -0.2) is 14.4 Å². The van der Waals surface area contributed by atoms with Crippen molar-refractivity contribution in [2.45, 2.75) is 0 Å². The molecular formula is C12H15N3O6. The zero-order valence-electron chi connectivity index (χ0n) is 11.7. The van der Waals surface area contributed by atoms with E-state index in [2.05, 4.69) is 16.0 Å². The normalized spacial score (nSPS) is 9.29. The minimum atomic E-state index is -0.724. The molecule has 0 fully saturated rings. The number of hydrogen-bond acceptors (Lipinski definition) is 6. The molecular weight excluding hydrogens is 282 g/mol. The molecule has 114 valence electrons. The average Bonchev–Trinajstić information content (AvgIpc) is 2.46. The highest BCUT2D eigenvalue weighted by atomic mass is 16.6. The zero-order valence-corrected chi connectivity index (χ0v) is 11.7. The summed E-state index contributed by atoms with van der Waals surface area (Å²) in [6.45, 7) is 0. The predicted molar refractivity (Wildman–Crippen MR) is 71.7 cm³/mol. The summed E-state index contributed by atoms with van der Waals surface area (Å²) in [5.41, 5.74) is 0. The van der Waals surface area contributed by atoms with Gasteiger partial charge in [-0.15, -0.1) is 0 Å². The van der Waals surface area contributed by atoms with Crippen LogP contribution in [-0.4, -0.2) is 39.4 Å². The van der Waals surface area contributed by atoms with E-state index in [0.717, 1.165) is 0 Å². The van der Waals surface area contributed by atoms with Crippen LogP contribution in [0.5, 0.6) is 17.2 Å². The van der Waals surface area contributed by atoms with Crippen molar-refractivity contribution >= 4 is 18.3 Å². The van der Waals surface area contributed by atoms with Gasteiger partial charge >= 0.3 is 18.3 Å². The van der Waals surface area contributed by atoms with Crippen LogP contribution in [0.4, 0.5) is 14.4 Å². The Bertz CT molecular complexity index is 457. The van der Waals surface area contributed by atoms with Gasteiger partial charge in [0.2, 0.25) is 0 Å². The summed E-state index contributed by atoms with van der Waals surface area (Å²) < 4.78 is 14.7. The smallest absolute Gasteiger partial charge is 0.410 e. The number of rotatable bonds is 3. The lowest BCUT2D eigenvalue weighted by atomic mass is 10.3. The van der Waals surface area contributed by atoms with Crippen molar-refractivity contribution in [1.29, 1.82) is 0 Å². The molecule has 0 spiro atoms. The highest BCUT2D eigenvalue weighted by molar-refractivity contribution is 5.73. The lowest BCUT2D eigenvalue weighted by Gasteiger charge is -2.10. The highest BCUT2D eigenvalue weighted by Crippen LogP contribution is 2.28. The lowest BCUT2D eigenvalue weighted by molar-refractivity contribution is 0.199. The molecule has 9 heteroatoms. The van der Waals surface area contributed by atoms with Crippen LogP contribution in [0.15, 0.2) is 18.2 Å². The lowest BCUT2D eigenvalue weighted by Crippen LogP contribution is -2.24. The molecule has 0 aliphatic rings. The average molecular weight is 297 g/mol. The van der Waals surface area contributed by atoms with E-state index in [9.17, 15) is 14.4 Å². The number of amides is 3. The Kier molecular flexibility index (Phi) is 5.80. The minimum absolute atomic E-state index is 0.0367. The van der Waals surface area contributed by atoms with Crippen molar-refractivity contribution in [2.75, 3.05) is 21.1 Å². The molecule has 0 unspecified atom stereocenters. The van der Waals surface area contributed by atoms with Crippen LogP contribution in [0.1, 0.15) is 0 Å². The van der Waals surface area contributed by atoms with Crippen molar-refractivity contribution in [3.63, 3.8) is 0 Å². The van der Waals surface area contributed by atoms with E-state index < -0.39 is 18.3 Å². The molecule has 0 radical (unpaired) electrons. The quantitative estimate of drug-likeness (QED) is 0.761. The molecule has 3 amide bonds. The maximum Gasteiger partial charge on any atom is 0.412 e. The van der Waals surface area contributed by atoms with Gasteiger partial charge in [0.25, 0.3) is 0 Å². The van der Waals surface area contributed by atoms with Gasteiger partial charge in [0.15, 0.2) is 0 Å². The first-order valence-corrected chi connectivity index (χ1v) is 5.82. The van der Waals surface area contributed by atoms with Gasteiger partial charge in [0, 0.05) is 39.3 Å². The molecule has 1 rings (SSSR count). The van der Waals surface area contributed by atoms with Gasteiger partial charge in [-0.1, -0.05) is 0 Å². The van der Waals surface area contributed by atoms with Crippen LogP contribution >= 0.6 is 0 Å². The largest absolute Gasteiger partial charge is 0.412 e. The summed E-state index contributed by atoms with van der Waals surface area (Å²) in [6.07, 6.45) is -2.17. The van der Waals surface area contributed by atoms with E-state index in [0.29, 0.717) is 0 Å². The Hall–Kier alpha value is -2.97. The van der Waals surface area contributed by atoms with Crippen molar-refractivity contribution in [1.82, 2.24) is 16.0 Å². The maximum absolute atomic E-state index is 11.2. The Morgan fingerprint density at radius 1 is 0.667 bits per heavy atom. The summed E-state index contributed by atoms with van der Waals surface area (Å²) in [6, 6.07) is 3.88. The van der Waals surface area contributed by atoms with E-state index in [1.165, 1.54) is 39.3 Å². The number of carbonyl (C=O) groups is 3. The number of nitrogens with one attached hydrogen (secondary N) is 3. The van der Waals surface area contributed by atoms with Crippen LogP contribution < -0.4 is 30.2 Å². The summed E-state index contributed by atoms with van der Waals surface area (Å²) in [7, 11) is 4.15. The van der Waals surface area contributed by atoms with Gasteiger partial charge in [-0.3, -0.25) is 0 Å². The molecule has 0 saturated heterocycles. The van der Waals surface area contributed by atoms with E-state index in [1.807, 2.05) is 0 Å². The molecule has 0 atom stereocenters. The Labute approximate surface area is 120 Å². The fraction of sp³-hybridized carbons (Fsp3) is 0.250. The number of carbonyl (C=O) groups excluding carboxylic acids is 3. The van der Waals surface area contributed by atoms with Gasteiger partial charge in [-0.05, 0) is 0 Å². The molecule has 0 aromatic heterocycles. The van der Waals surface area contributed by atoms with Gasteiger partial charge in [0.05, 0.1) is 0 Å². The summed E-state index contributed by atoms with van der Waals surface area (Å²) in [4.78, 5) is 33.6. The van der Waals surface area contributed by atoms with E-state index in [4.69, 9.17) is 14.2 Å². The molecule has 3 N–H and O–H groups in total. The number of hydrogen-bond donors (Lipinski definition) is 3. The van der Waals surface area contributed by atoms with Gasteiger partial charge < -0.3 is 30.2 Å². The summed E-state index contributed by atoms with van der Waals surface area (Å²) in [5, 5.41) is 6.76. The fourth-order valence-corrected chi connectivity index (χ4v) is 1.20. The van der Waals surface area contributed by atoms with E-state index in [1.54, 1.807) is 0 Å².